The summed E-state index contributed by atoms with van der Waals surface area (Å²) >= 11 is 0. The van der Waals surface area contributed by atoms with Gasteiger partial charge in [0.2, 0.25) is 0 Å². The number of unbranched alkanes of at least 4 members (excludes halogenated alkanes) is 26. The van der Waals surface area contributed by atoms with E-state index in [-0.39, 0.29) is 29.6 Å². The van der Waals surface area contributed by atoms with Crippen LogP contribution in [0.4, 0.5) is 0 Å². The van der Waals surface area contributed by atoms with Crippen molar-refractivity contribution in [3.05, 3.63) is 0 Å². The van der Waals surface area contributed by atoms with E-state index in [4.69, 9.17) is 4.74 Å². The molecule has 0 N–H and O–H groups in total. The van der Waals surface area contributed by atoms with Crippen LogP contribution in [-0.4, -0.2) is 42.8 Å². The zero-order valence-corrected chi connectivity index (χ0v) is 23.6. The molecule has 0 atom stereocenters. The van der Waals surface area contributed by atoms with Gasteiger partial charge in [-0.05, 0) is 12.8 Å². The Hall–Kier alpha value is 0.960. The van der Waals surface area contributed by atoms with Gasteiger partial charge in [0.15, 0.2) is 0 Å². The molecule has 34 heavy (non-hydrogen) atoms. The first-order chi connectivity index (χ1) is 16.4. The average molecular weight is 491 g/mol. The van der Waals surface area contributed by atoms with Gasteiger partial charge in [-0.2, -0.15) is 0 Å². The van der Waals surface area contributed by atoms with E-state index in [0.29, 0.717) is 0 Å². The molecule has 0 bridgehead atoms. The third-order valence-corrected chi connectivity index (χ3v) is 7.28. The molecule has 1 nitrogen and oxygen atoms in total. The normalized spacial score (nSPS) is 11.1. The summed E-state index contributed by atoms with van der Waals surface area (Å²) in [4.78, 5) is 0. The summed E-state index contributed by atoms with van der Waals surface area (Å²) in [5.41, 5.74) is 0. The summed E-state index contributed by atoms with van der Waals surface area (Å²) in [5.74, 6) is 0. The molecule has 2 heteroatoms. The van der Waals surface area contributed by atoms with Gasteiger partial charge in [-0.25, -0.2) is 0 Å². The van der Waals surface area contributed by atoms with Crippen molar-refractivity contribution >= 4 is 29.6 Å². The van der Waals surface area contributed by atoms with Gasteiger partial charge in [0.05, 0.1) is 0 Å². The molecular formula is C32H67NaO. The first-order valence-corrected chi connectivity index (χ1v) is 16.0. The molecule has 0 aliphatic carbocycles. The van der Waals surface area contributed by atoms with Crippen LogP contribution in [-0.2, 0) is 4.74 Å². The Kier molecular flexibility index (Phi) is 39.4. The van der Waals surface area contributed by atoms with Crippen LogP contribution in [0.2, 0.25) is 0 Å². The quantitative estimate of drug-likeness (QED) is 0.0718. The minimum absolute atomic E-state index is 0. The third kappa shape index (κ3) is 35.1. The molecule has 202 valence electrons. The molecule has 0 spiro atoms. The third-order valence-electron chi connectivity index (χ3n) is 7.28. The second-order valence-corrected chi connectivity index (χ2v) is 10.8. The van der Waals surface area contributed by atoms with E-state index >= 15 is 0 Å². The van der Waals surface area contributed by atoms with Crippen LogP contribution in [0.25, 0.3) is 0 Å². The topological polar surface area (TPSA) is 9.23 Å². The van der Waals surface area contributed by atoms with Gasteiger partial charge < -0.3 is 4.74 Å². The maximum atomic E-state index is 5.85. The van der Waals surface area contributed by atoms with Crippen LogP contribution in [0.3, 0.4) is 0 Å². The van der Waals surface area contributed by atoms with E-state index in [9.17, 15) is 0 Å². The fourth-order valence-corrected chi connectivity index (χ4v) is 4.90. The van der Waals surface area contributed by atoms with Crippen LogP contribution in [0, 0.1) is 0 Å². The van der Waals surface area contributed by atoms with Crippen molar-refractivity contribution in [2.24, 2.45) is 0 Å². The van der Waals surface area contributed by atoms with Crippen LogP contribution >= 0.6 is 0 Å². The summed E-state index contributed by atoms with van der Waals surface area (Å²) in [6.07, 6.45) is 40.1. The van der Waals surface area contributed by atoms with Gasteiger partial charge in [-0.1, -0.05) is 181 Å². The van der Waals surface area contributed by atoms with Crippen LogP contribution in [0.5, 0.6) is 0 Å². The van der Waals surface area contributed by atoms with Crippen molar-refractivity contribution in [3.63, 3.8) is 0 Å². The summed E-state index contributed by atoms with van der Waals surface area (Å²) < 4.78 is 5.85. The second kappa shape index (κ2) is 36.1. The number of hydrogen-bond acceptors (Lipinski definition) is 1. The predicted molar refractivity (Wildman–Crippen MR) is 159 cm³/mol. The molecule has 0 aromatic rings. The molecule has 0 fully saturated rings. The summed E-state index contributed by atoms with van der Waals surface area (Å²) in [7, 11) is 0. The molecule has 0 amide bonds. The monoisotopic (exact) mass is 491 g/mol. The van der Waals surface area contributed by atoms with Gasteiger partial charge in [0.1, 0.15) is 0 Å². The van der Waals surface area contributed by atoms with Gasteiger partial charge in [-0.15, -0.1) is 0 Å². The van der Waals surface area contributed by atoms with E-state index in [1.807, 2.05) is 0 Å². The standard InChI is InChI=1S/C32H66O.Na.H/c1-3-5-7-9-11-13-15-17-19-21-23-25-27-29-31-33-32-30-28-26-24-22-20-18-16-14-12-10-8-6-4-2;;/h3-32H2,1-2H3;;. The van der Waals surface area contributed by atoms with Crippen LogP contribution < -0.4 is 0 Å². The van der Waals surface area contributed by atoms with Crippen molar-refractivity contribution in [2.45, 2.75) is 194 Å². The van der Waals surface area contributed by atoms with Crippen LogP contribution in [0.1, 0.15) is 194 Å². The summed E-state index contributed by atoms with van der Waals surface area (Å²) in [5, 5.41) is 0. The van der Waals surface area contributed by atoms with E-state index in [2.05, 4.69) is 13.8 Å². The molecule has 0 rings (SSSR count). The first kappa shape index (κ1) is 37.1. The minimum atomic E-state index is 0. The van der Waals surface area contributed by atoms with Crippen LogP contribution in [0.15, 0.2) is 0 Å². The number of rotatable bonds is 30. The Morgan fingerprint density at radius 1 is 0.265 bits per heavy atom. The zero-order valence-electron chi connectivity index (χ0n) is 23.6. The fourth-order valence-electron chi connectivity index (χ4n) is 4.90. The SMILES string of the molecule is CCCCCCCCCCCCCCCCOCCCCCCCCCCCCCCCC.[NaH]. The average Bonchev–Trinajstić information content (AvgIpc) is 2.83. The Morgan fingerprint density at radius 3 is 0.647 bits per heavy atom. The first-order valence-electron chi connectivity index (χ1n) is 16.0. The fraction of sp³-hybridized carbons (Fsp3) is 1.00. The van der Waals surface area contributed by atoms with E-state index in [1.165, 1.54) is 180 Å². The van der Waals surface area contributed by atoms with Gasteiger partial charge in [0, 0.05) is 13.2 Å². The molecule has 0 saturated heterocycles. The van der Waals surface area contributed by atoms with E-state index < -0.39 is 0 Å². The maximum absolute atomic E-state index is 5.85. The molecule has 0 aliphatic rings. The van der Waals surface area contributed by atoms with Gasteiger partial charge in [-0.3, -0.25) is 0 Å². The van der Waals surface area contributed by atoms with Crippen molar-refractivity contribution in [1.82, 2.24) is 0 Å². The van der Waals surface area contributed by atoms with E-state index in [0.717, 1.165) is 13.2 Å². The molecule has 0 unspecified atom stereocenters. The molecule has 0 aromatic heterocycles. The number of ether oxygens (including phenoxy) is 1. The number of hydrogen-bond donors (Lipinski definition) is 0. The molecule has 0 aromatic carbocycles. The van der Waals surface area contributed by atoms with Gasteiger partial charge >= 0.3 is 29.6 Å². The second-order valence-electron chi connectivity index (χ2n) is 10.8. The van der Waals surface area contributed by atoms with Crippen molar-refractivity contribution < 1.29 is 4.74 Å². The molecule has 0 aliphatic heterocycles. The molecule has 0 heterocycles. The van der Waals surface area contributed by atoms with Crippen molar-refractivity contribution in [3.8, 4) is 0 Å². The molecule has 0 radical (unpaired) electrons. The Labute approximate surface area is 240 Å². The van der Waals surface area contributed by atoms with Gasteiger partial charge in [0.25, 0.3) is 0 Å². The Morgan fingerprint density at radius 2 is 0.441 bits per heavy atom. The van der Waals surface area contributed by atoms with Crippen molar-refractivity contribution in [2.75, 3.05) is 13.2 Å². The Bertz CT molecular complexity index is 290. The summed E-state index contributed by atoms with van der Waals surface area (Å²) in [6.45, 7) is 6.59. The predicted octanol–water partition coefficient (Wildman–Crippen LogP) is 11.3. The molecule has 0 saturated carbocycles. The van der Waals surface area contributed by atoms with E-state index in [1.54, 1.807) is 0 Å². The Balaban J connectivity index is 0. The molecular weight excluding hydrogens is 423 g/mol. The zero-order chi connectivity index (χ0) is 23.9. The summed E-state index contributed by atoms with van der Waals surface area (Å²) in [6, 6.07) is 0. The van der Waals surface area contributed by atoms with Crippen molar-refractivity contribution in [1.29, 1.82) is 0 Å².